The largest absolute Gasteiger partial charge is 0.391 e. The lowest BCUT2D eigenvalue weighted by molar-refractivity contribution is -0.138. The highest BCUT2D eigenvalue weighted by molar-refractivity contribution is 7.82. The molecule has 3 atom stereocenters. The quantitative estimate of drug-likeness (QED) is 0.765. The molecule has 0 aromatic carbocycles. The maximum Gasteiger partial charge on any atom is 0.238 e. The Labute approximate surface area is 144 Å². The molecular weight excluding hydrogens is 312 g/mol. The van der Waals surface area contributed by atoms with Gasteiger partial charge in [-0.2, -0.15) is 12.6 Å². The van der Waals surface area contributed by atoms with E-state index in [1.54, 1.807) is 4.90 Å². The molecule has 3 unspecified atom stereocenters. The Kier molecular flexibility index (Phi) is 5.36. The molecule has 0 spiro atoms. The van der Waals surface area contributed by atoms with E-state index in [4.69, 9.17) is 0 Å². The van der Waals surface area contributed by atoms with Gasteiger partial charge in [0.1, 0.15) is 0 Å². The topological polar surface area (TPSA) is 60.9 Å². The molecule has 0 aromatic heterocycles. The number of carbonyl (C=O) groups excluding carboxylic acids is 2. The number of carbonyl (C=O) groups is 2. The second-order valence-electron chi connectivity index (χ2n) is 8.33. The van der Waals surface area contributed by atoms with Crippen molar-refractivity contribution in [3.63, 3.8) is 0 Å². The normalized spacial score (nSPS) is 28.1. The van der Waals surface area contributed by atoms with Gasteiger partial charge in [-0.3, -0.25) is 9.59 Å². The second-order valence-corrected chi connectivity index (χ2v) is 9.31. The zero-order valence-electron chi connectivity index (χ0n) is 14.7. The van der Waals surface area contributed by atoms with Crippen molar-refractivity contribution in [2.24, 2.45) is 11.3 Å². The molecule has 2 saturated heterocycles. The molecule has 0 radical (unpaired) electrons. The number of β-amino-alcohol motifs (C(OH)–C–C–N with tert-alkyl or cyclic N) is 1. The number of aliphatic hydroxyl groups is 1. The Hall–Kier alpha value is -0.750. The molecule has 0 bridgehead atoms. The summed E-state index contributed by atoms with van der Waals surface area (Å²) < 4.78 is -0.741. The molecule has 0 aliphatic carbocycles. The summed E-state index contributed by atoms with van der Waals surface area (Å²) in [5, 5.41) is 9.61. The molecule has 2 fully saturated rings. The lowest BCUT2D eigenvalue weighted by Crippen LogP contribution is -2.44. The molecule has 5 nitrogen and oxygen atoms in total. The first kappa shape index (κ1) is 18.6. The van der Waals surface area contributed by atoms with Crippen molar-refractivity contribution in [2.75, 3.05) is 26.2 Å². The van der Waals surface area contributed by atoms with Gasteiger partial charge >= 0.3 is 0 Å². The van der Waals surface area contributed by atoms with Gasteiger partial charge in [-0.15, -0.1) is 0 Å². The number of likely N-dealkylation sites (tertiary alicyclic amines) is 2. The minimum absolute atomic E-state index is 0.00187. The standard InChI is InChI=1S/C17H30N2O3S/c1-16(2,3)14(21)18-7-5-12(10-18)9-17(4,23)15(22)19-8-6-13(20)11-19/h12-13,20,23H,5-11H2,1-4H3. The monoisotopic (exact) mass is 342 g/mol. The molecular formula is C17H30N2O3S. The van der Waals surface area contributed by atoms with Crippen molar-refractivity contribution in [3.05, 3.63) is 0 Å². The Balaban J connectivity index is 1.91. The summed E-state index contributed by atoms with van der Waals surface area (Å²) in [6, 6.07) is 0. The average molecular weight is 343 g/mol. The van der Waals surface area contributed by atoms with Crippen LogP contribution in [0, 0.1) is 11.3 Å². The van der Waals surface area contributed by atoms with E-state index in [2.05, 4.69) is 12.6 Å². The van der Waals surface area contributed by atoms with Crippen molar-refractivity contribution >= 4 is 24.4 Å². The fourth-order valence-electron chi connectivity index (χ4n) is 3.57. The molecule has 2 heterocycles. The van der Waals surface area contributed by atoms with Crippen LogP contribution in [0.5, 0.6) is 0 Å². The van der Waals surface area contributed by atoms with Gasteiger partial charge in [0.2, 0.25) is 11.8 Å². The first-order chi connectivity index (χ1) is 10.5. The Morgan fingerprint density at radius 3 is 2.13 bits per heavy atom. The van der Waals surface area contributed by atoms with Gasteiger partial charge in [0.15, 0.2) is 0 Å². The maximum absolute atomic E-state index is 12.6. The predicted octanol–water partition coefficient (Wildman–Crippen LogP) is 1.55. The third-order valence-electron chi connectivity index (χ3n) is 4.81. The van der Waals surface area contributed by atoms with Crippen LogP contribution < -0.4 is 0 Å². The van der Waals surface area contributed by atoms with E-state index < -0.39 is 10.9 Å². The van der Waals surface area contributed by atoms with Crippen LogP contribution >= 0.6 is 12.6 Å². The summed E-state index contributed by atoms with van der Waals surface area (Å²) >= 11 is 4.62. The van der Waals surface area contributed by atoms with Crippen LogP contribution in [-0.4, -0.2) is 63.8 Å². The number of aliphatic hydroxyl groups excluding tert-OH is 1. The summed E-state index contributed by atoms with van der Waals surface area (Å²) in [6.45, 7) is 10.2. The molecule has 2 aliphatic heterocycles. The van der Waals surface area contributed by atoms with Crippen LogP contribution in [0.2, 0.25) is 0 Å². The minimum Gasteiger partial charge on any atom is -0.391 e. The van der Waals surface area contributed by atoms with Crippen LogP contribution in [0.1, 0.15) is 47.0 Å². The molecule has 0 saturated carbocycles. The van der Waals surface area contributed by atoms with E-state index in [1.807, 2.05) is 32.6 Å². The molecule has 2 rings (SSSR count). The summed E-state index contributed by atoms with van der Waals surface area (Å²) in [6.07, 6.45) is 1.82. The van der Waals surface area contributed by atoms with Crippen LogP contribution in [0.15, 0.2) is 0 Å². The molecule has 2 amide bonds. The van der Waals surface area contributed by atoms with Crippen LogP contribution in [-0.2, 0) is 9.59 Å². The van der Waals surface area contributed by atoms with Crippen LogP contribution in [0.3, 0.4) is 0 Å². The van der Waals surface area contributed by atoms with E-state index >= 15 is 0 Å². The van der Waals surface area contributed by atoms with E-state index in [1.165, 1.54) is 0 Å². The van der Waals surface area contributed by atoms with Gasteiger partial charge in [-0.1, -0.05) is 20.8 Å². The molecule has 0 aromatic rings. The summed E-state index contributed by atoms with van der Waals surface area (Å²) in [7, 11) is 0. The highest BCUT2D eigenvalue weighted by Crippen LogP contribution is 2.33. The van der Waals surface area contributed by atoms with Gasteiger partial charge < -0.3 is 14.9 Å². The van der Waals surface area contributed by atoms with Crippen molar-refractivity contribution < 1.29 is 14.7 Å². The third-order valence-corrected chi connectivity index (χ3v) is 5.19. The van der Waals surface area contributed by atoms with E-state index in [0.717, 1.165) is 13.0 Å². The van der Waals surface area contributed by atoms with Crippen LogP contribution in [0.25, 0.3) is 0 Å². The summed E-state index contributed by atoms with van der Waals surface area (Å²) in [5.74, 6) is 0.480. The van der Waals surface area contributed by atoms with E-state index in [9.17, 15) is 14.7 Å². The summed E-state index contributed by atoms with van der Waals surface area (Å²) in [4.78, 5) is 28.6. The molecule has 23 heavy (non-hydrogen) atoms. The zero-order chi connectivity index (χ0) is 17.4. The van der Waals surface area contributed by atoms with Gasteiger partial charge in [-0.05, 0) is 32.1 Å². The van der Waals surface area contributed by atoms with Gasteiger partial charge in [0, 0.05) is 31.6 Å². The molecule has 1 N–H and O–H groups in total. The Morgan fingerprint density at radius 1 is 1.04 bits per heavy atom. The van der Waals surface area contributed by atoms with Crippen molar-refractivity contribution in [3.8, 4) is 0 Å². The lowest BCUT2D eigenvalue weighted by Gasteiger charge is -2.31. The van der Waals surface area contributed by atoms with Crippen molar-refractivity contribution in [2.45, 2.75) is 57.8 Å². The van der Waals surface area contributed by atoms with Gasteiger partial charge in [-0.25, -0.2) is 0 Å². The highest BCUT2D eigenvalue weighted by Gasteiger charge is 2.40. The third kappa shape index (κ3) is 4.41. The molecule has 2 aliphatic rings. The fraction of sp³-hybridized carbons (Fsp3) is 0.882. The minimum atomic E-state index is -0.741. The summed E-state index contributed by atoms with van der Waals surface area (Å²) in [5.41, 5.74) is -0.360. The zero-order valence-corrected chi connectivity index (χ0v) is 15.6. The Morgan fingerprint density at radius 2 is 1.61 bits per heavy atom. The lowest BCUT2D eigenvalue weighted by atomic mass is 9.92. The number of nitrogens with zero attached hydrogens (tertiary/aromatic N) is 2. The average Bonchev–Trinajstić information content (AvgIpc) is 3.04. The smallest absolute Gasteiger partial charge is 0.238 e. The first-order valence-corrected chi connectivity index (χ1v) is 8.94. The Bertz CT molecular complexity index is 473. The van der Waals surface area contributed by atoms with Crippen molar-refractivity contribution in [1.29, 1.82) is 0 Å². The number of hydrogen-bond donors (Lipinski definition) is 2. The highest BCUT2D eigenvalue weighted by atomic mass is 32.1. The molecule has 6 heteroatoms. The van der Waals surface area contributed by atoms with Crippen molar-refractivity contribution in [1.82, 2.24) is 9.80 Å². The van der Waals surface area contributed by atoms with E-state index in [-0.39, 0.29) is 17.2 Å². The first-order valence-electron chi connectivity index (χ1n) is 8.50. The number of thiol groups is 1. The molecule has 132 valence electrons. The van der Waals surface area contributed by atoms with E-state index in [0.29, 0.717) is 38.4 Å². The number of rotatable bonds is 3. The van der Waals surface area contributed by atoms with Crippen LogP contribution in [0.4, 0.5) is 0 Å². The predicted molar refractivity (Wildman–Crippen MR) is 93.4 cm³/mol. The maximum atomic E-state index is 12.6. The van der Waals surface area contributed by atoms with Gasteiger partial charge in [0.25, 0.3) is 0 Å². The number of hydrogen-bond acceptors (Lipinski definition) is 4. The fourth-order valence-corrected chi connectivity index (χ4v) is 3.97. The number of amides is 2. The second kappa shape index (κ2) is 6.63. The van der Waals surface area contributed by atoms with Gasteiger partial charge in [0.05, 0.1) is 10.9 Å². The SMILES string of the molecule is CC(C)(C)C(=O)N1CCC(CC(C)(S)C(=O)N2CCC(O)C2)C1.